The Morgan fingerprint density at radius 1 is 0.263 bits per heavy atom. The second-order valence-corrected chi connectivity index (χ2v) is 15.6. The Morgan fingerprint density at radius 2 is 0.667 bits per heavy atom. The van der Waals surface area contributed by atoms with Gasteiger partial charge in [0.2, 0.25) is 0 Å². The molecule has 0 radical (unpaired) electrons. The van der Waals surface area contributed by atoms with Gasteiger partial charge in [-0.1, -0.05) is 158 Å². The van der Waals surface area contributed by atoms with Crippen LogP contribution >= 0.6 is 0 Å². The average molecular weight is 723 g/mol. The number of fused-ring (bicyclic) bond motifs is 16. The molecule has 0 bridgehead atoms. The molecule has 0 saturated carbocycles. The molecule has 2 aliphatic carbocycles. The molecule has 0 fully saturated rings. The first kappa shape index (κ1) is 30.9. The van der Waals surface area contributed by atoms with Gasteiger partial charge in [0.15, 0.2) is 0 Å². The van der Waals surface area contributed by atoms with Crippen LogP contribution in [0.15, 0.2) is 206 Å². The maximum absolute atomic E-state index is 2.47. The van der Waals surface area contributed by atoms with Gasteiger partial charge in [0.05, 0.1) is 27.5 Å². The van der Waals surface area contributed by atoms with Crippen LogP contribution in [0.25, 0.3) is 88.4 Å². The van der Waals surface area contributed by atoms with E-state index in [9.17, 15) is 0 Å². The van der Waals surface area contributed by atoms with Crippen molar-refractivity contribution in [2.45, 2.75) is 5.41 Å². The van der Waals surface area contributed by atoms with E-state index in [1.807, 2.05) is 0 Å². The third-order valence-corrected chi connectivity index (χ3v) is 13.0. The van der Waals surface area contributed by atoms with Crippen molar-refractivity contribution in [1.29, 1.82) is 0 Å². The minimum atomic E-state index is -0.355. The van der Waals surface area contributed by atoms with E-state index in [-0.39, 0.29) is 5.41 Å². The summed E-state index contributed by atoms with van der Waals surface area (Å²) in [5, 5.41) is 5.05. The molecule has 2 nitrogen and oxygen atoms in total. The highest BCUT2D eigenvalue weighted by Gasteiger charge is 2.51. The molecule has 0 N–H and O–H groups in total. The monoisotopic (exact) mass is 722 g/mol. The highest BCUT2D eigenvalue weighted by atomic mass is 15.0. The lowest BCUT2D eigenvalue weighted by atomic mass is 9.70. The van der Waals surface area contributed by atoms with Crippen LogP contribution in [-0.2, 0) is 5.41 Å². The van der Waals surface area contributed by atoms with Gasteiger partial charge in [-0.3, -0.25) is 0 Å². The van der Waals surface area contributed by atoms with E-state index in [4.69, 9.17) is 0 Å². The SMILES string of the molecule is c1ccc2c(c1)-c1ccccc1C21c2ccccc2-c2ccc(-c3ccc(-n4c5ccccc5c5ccc(-n6c7ccccc7c7ccccc76)cc54)cc3)cc21. The van der Waals surface area contributed by atoms with Gasteiger partial charge in [-0.15, -0.1) is 0 Å². The summed E-state index contributed by atoms with van der Waals surface area (Å²) in [7, 11) is 0. The Labute approximate surface area is 330 Å². The van der Waals surface area contributed by atoms with E-state index in [0.717, 1.165) is 11.4 Å². The molecule has 2 heteroatoms. The fraction of sp³-hybridized carbons (Fsp3) is 0.0182. The third-order valence-electron chi connectivity index (χ3n) is 13.0. The summed E-state index contributed by atoms with van der Waals surface area (Å²) in [4.78, 5) is 0. The molecule has 2 aromatic heterocycles. The zero-order chi connectivity index (χ0) is 37.2. The molecule has 264 valence electrons. The Morgan fingerprint density at radius 3 is 1.21 bits per heavy atom. The first-order chi connectivity index (χ1) is 28.3. The van der Waals surface area contributed by atoms with Crippen LogP contribution < -0.4 is 0 Å². The van der Waals surface area contributed by atoms with E-state index in [0.29, 0.717) is 0 Å². The molecule has 0 aliphatic heterocycles. The van der Waals surface area contributed by atoms with Gasteiger partial charge in [0, 0.05) is 32.9 Å². The lowest BCUT2D eigenvalue weighted by molar-refractivity contribution is 0.794. The summed E-state index contributed by atoms with van der Waals surface area (Å²) < 4.78 is 4.85. The fourth-order valence-electron chi connectivity index (χ4n) is 10.7. The molecule has 0 unspecified atom stereocenters. The lowest BCUT2D eigenvalue weighted by Crippen LogP contribution is -2.25. The third kappa shape index (κ3) is 3.99. The molecular weight excluding hydrogens is 689 g/mol. The van der Waals surface area contributed by atoms with E-state index >= 15 is 0 Å². The van der Waals surface area contributed by atoms with Crippen LogP contribution in [0.2, 0.25) is 0 Å². The van der Waals surface area contributed by atoms with Gasteiger partial charge in [0.25, 0.3) is 0 Å². The molecular formula is C55H34N2. The van der Waals surface area contributed by atoms with Gasteiger partial charge in [0.1, 0.15) is 0 Å². The second kappa shape index (κ2) is 11.3. The lowest BCUT2D eigenvalue weighted by Gasteiger charge is -2.30. The summed E-state index contributed by atoms with van der Waals surface area (Å²) in [6.07, 6.45) is 0. The van der Waals surface area contributed by atoms with E-state index in [1.54, 1.807) is 0 Å². The summed E-state index contributed by atoms with van der Waals surface area (Å²) >= 11 is 0. The van der Waals surface area contributed by atoms with Gasteiger partial charge in [-0.05, 0) is 104 Å². The van der Waals surface area contributed by atoms with Crippen LogP contribution in [0.5, 0.6) is 0 Å². The van der Waals surface area contributed by atoms with Crippen molar-refractivity contribution >= 4 is 43.6 Å². The molecule has 0 amide bonds. The smallest absolute Gasteiger partial charge is 0.0725 e. The molecule has 2 aliphatic rings. The summed E-state index contributed by atoms with van der Waals surface area (Å²) in [5.74, 6) is 0. The number of hydrogen-bond donors (Lipinski definition) is 0. The Kier molecular flexibility index (Phi) is 6.13. The van der Waals surface area contributed by atoms with Crippen molar-refractivity contribution in [3.8, 4) is 44.8 Å². The van der Waals surface area contributed by atoms with Crippen LogP contribution in [0.3, 0.4) is 0 Å². The molecule has 11 aromatic rings. The van der Waals surface area contributed by atoms with E-state index in [2.05, 4.69) is 215 Å². The first-order valence-electron chi connectivity index (χ1n) is 19.9. The molecule has 9 aromatic carbocycles. The van der Waals surface area contributed by atoms with Gasteiger partial charge in [-0.2, -0.15) is 0 Å². The fourth-order valence-corrected chi connectivity index (χ4v) is 10.7. The molecule has 2 heterocycles. The predicted octanol–water partition coefficient (Wildman–Crippen LogP) is 13.9. The quantitative estimate of drug-likeness (QED) is 0.172. The minimum absolute atomic E-state index is 0.355. The van der Waals surface area contributed by atoms with Gasteiger partial charge < -0.3 is 9.13 Å². The molecule has 57 heavy (non-hydrogen) atoms. The highest BCUT2D eigenvalue weighted by Crippen LogP contribution is 2.63. The predicted molar refractivity (Wildman–Crippen MR) is 237 cm³/mol. The summed E-state index contributed by atoms with van der Waals surface area (Å²) in [5.41, 5.74) is 20.0. The van der Waals surface area contributed by atoms with Crippen molar-refractivity contribution in [2.75, 3.05) is 0 Å². The maximum atomic E-state index is 2.47. The zero-order valence-corrected chi connectivity index (χ0v) is 31.0. The number of rotatable bonds is 3. The Hall–Kier alpha value is -7.42. The van der Waals surface area contributed by atoms with Crippen molar-refractivity contribution in [3.63, 3.8) is 0 Å². The largest absolute Gasteiger partial charge is 0.309 e. The van der Waals surface area contributed by atoms with Crippen LogP contribution in [0.1, 0.15) is 22.3 Å². The second-order valence-electron chi connectivity index (χ2n) is 15.6. The molecule has 0 saturated heterocycles. The Balaban J connectivity index is 0.977. The molecule has 13 rings (SSSR count). The molecule has 1 spiro atoms. The van der Waals surface area contributed by atoms with E-state index < -0.39 is 0 Å². The maximum Gasteiger partial charge on any atom is 0.0725 e. The number of nitrogens with zero attached hydrogens (tertiary/aromatic N) is 2. The normalized spacial score (nSPS) is 13.4. The number of aromatic nitrogens is 2. The van der Waals surface area contributed by atoms with E-state index in [1.165, 1.54) is 99.2 Å². The minimum Gasteiger partial charge on any atom is -0.309 e. The number of hydrogen-bond acceptors (Lipinski definition) is 0. The summed E-state index contributed by atoms with van der Waals surface area (Å²) in [6.45, 7) is 0. The standard InChI is InChI=1S/C55H34N2/c1-7-19-47-39(13-1)40-14-2-8-20-48(40)55(47)49-21-9-3-15-41(49)42-31-27-36(33-50(42)55)35-25-28-37(29-26-35)56-51-22-10-6-18-45(51)46-32-30-38(34-54(46)56)57-52-23-11-4-16-43(52)44-17-5-12-24-53(44)57/h1-34H. The highest BCUT2D eigenvalue weighted by molar-refractivity contribution is 6.12. The summed E-state index contributed by atoms with van der Waals surface area (Å²) in [6, 6.07) is 76.7. The Bertz CT molecular complexity index is 3350. The van der Waals surface area contributed by atoms with Crippen LogP contribution in [0, 0.1) is 0 Å². The average Bonchev–Trinajstić information content (AvgIpc) is 3.98. The van der Waals surface area contributed by atoms with Gasteiger partial charge >= 0.3 is 0 Å². The van der Waals surface area contributed by atoms with Crippen LogP contribution in [-0.4, -0.2) is 9.13 Å². The van der Waals surface area contributed by atoms with Crippen molar-refractivity contribution in [3.05, 3.63) is 229 Å². The van der Waals surface area contributed by atoms with Gasteiger partial charge in [-0.25, -0.2) is 0 Å². The van der Waals surface area contributed by atoms with Crippen LogP contribution in [0.4, 0.5) is 0 Å². The zero-order valence-electron chi connectivity index (χ0n) is 31.0. The first-order valence-corrected chi connectivity index (χ1v) is 19.9. The number of benzene rings is 9. The van der Waals surface area contributed by atoms with Crippen molar-refractivity contribution < 1.29 is 0 Å². The van der Waals surface area contributed by atoms with Crippen molar-refractivity contribution in [1.82, 2.24) is 9.13 Å². The topological polar surface area (TPSA) is 9.86 Å². The molecule has 0 atom stereocenters. The van der Waals surface area contributed by atoms with Crippen molar-refractivity contribution in [2.24, 2.45) is 0 Å². The number of para-hydroxylation sites is 3.